The van der Waals surface area contributed by atoms with E-state index in [-0.39, 0.29) is 12.3 Å². The summed E-state index contributed by atoms with van der Waals surface area (Å²) in [5, 5.41) is 7.48. The molecule has 1 aromatic heterocycles. The van der Waals surface area contributed by atoms with E-state index < -0.39 is 0 Å². The second-order valence-corrected chi connectivity index (χ2v) is 7.40. The third-order valence-electron chi connectivity index (χ3n) is 5.38. The minimum atomic E-state index is -0.0532. The van der Waals surface area contributed by atoms with Gasteiger partial charge >= 0.3 is 0 Å². The third kappa shape index (κ3) is 3.57. The van der Waals surface area contributed by atoms with Crippen molar-refractivity contribution in [3.05, 3.63) is 102 Å². The molecule has 0 saturated heterocycles. The van der Waals surface area contributed by atoms with E-state index in [4.69, 9.17) is 0 Å². The monoisotopic (exact) mass is 394 g/mol. The molecule has 0 aliphatic carbocycles. The molecule has 1 aliphatic rings. The van der Waals surface area contributed by atoms with Gasteiger partial charge in [-0.25, -0.2) is 4.68 Å². The van der Waals surface area contributed by atoms with Gasteiger partial charge in [0.2, 0.25) is 5.91 Å². The molecule has 0 atom stereocenters. The number of carbonyl (C=O) groups excluding carboxylic acids is 1. The highest BCUT2D eigenvalue weighted by Gasteiger charge is 2.22. The zero-order valence-electron chi connectivity index (χ0n) is 16.5. The van der Waals surface area contributed by atoms with Crippen molar-refractivity contribution in [1.82, 2.24) is 9.78 Å². The van der Waals surface area contributed by atoms with Crippen LogP contribution in [0.4, 0.5) is 17.1 Å². The van der Waals surface area contributed by atoms with Crippen LogP contribution in [0.15, 0.2) is 91.3 Å². The maximum Gasteiger partial charge on any atom is 0.228 e. The van der Waals surface area contributed by atoms with E-state index in [2.05, 4.69) is 45.6 Å². The number of anilines is 3. The SMILES string of the molecule is O=C(Cc1cnn(-c2ccccc2)c1)Nc1ccccc1N1CCc2ccccc21. The molecule has 0 spiro atoms. The Hall–Kier alpha value is -3.86. The Balaban J connectivity index is 1.33. The van der Waals surface area contributed by atoms with Gasteiger partial charge in [0.15, 0.2) is 0 Å². The molecule has 1 N–H and O–H groups in total. The summed E-state index contributed by atoms with van der Waals surface area (Å²) in [5.41, 5.74) is 6.25. The van der Waals surface area contributed by atoms with Crippen LogP contribution in [0, 0.1) is 0 Å². The summed E-state index contributed by atoms with van der Waals surface area (Å²) in [6.45, 7) is 0.913. The highest BCUT2D eigenvalue weighted by atomic mass is 16.1. The molecule has 1 amide bonds. The van der Waals surface area contributed by atoms with E-state index in [1.807, 2.05) is 54.7 Å². The second kappa shape index (κ2) is 7.87. The van der Waals surface area contributed by atoms with Gasteiger partial charge in [0.25, 0.3) is 0 Å². The van der Waals surface area contributed by atoms with Gasteiger partial charge in [-0.3, -0.25) is 4.79 Å². The zero-order valence-corrected chi connectivity index (χ0v) is 16.5. The van der Waals surface area contributed by atoms with Crippen LogP contribution in [0.3, 0.4) is 0 Å². The number of hydrogen-bond acceptors (Lipinski definition) is 3. The van der Waals surface area contributed by atoms with E-state index in [9.17, 15) is 4.79 Å². The van der Waals surface area contributed by atoms with Crippen molar-refractivity contribution in [3.63, 3.8) is 0 Å². The molecular formula is C25H22N4O. The summed E-state index contributed by atoms with van der Waals surface area (Å²) in [7, 11) is 0. The predicted octanol–water partition coefficient (Wildman–Crippen LogP) is 4.75. The molecule has 0 saturated carbocycles. The summed E-state index contributed by atoms with van der Waals surface area (Å²) < 4.78 is 1.79. The number of rotatable bonds is 5. The van der Waals surface area contributed by atoms with Crippen LogP contribution in [0.5, 0.6) is 0 Å². The van der Waals surface area contributed by atoms with E-state index >= 15 is 0 Å². The zero-order chi connectivity index (χ0) is 20.3. The van der Waals surface area contributed by atoms with Gasteiger partial charge in [-0.2, -0.15) is 5.10 Å². The number of para-hydroxylation sites is 4. The molecule has 5 rings (SSSR count). The standard InChI is InChI=1S/C25H22N4O/c30-25(16-19-17-26-29(18-19)21-9-2-1-3-10-21)27-22-11-5-7-13-24(22)28-15-14-20-8-4-6-12-23(20)28/h1-13,17-18H,14-16H2,(H,27,30). The van der Waals surface area contributed by atoms with Crippen LogP contribution in [-0.4, -0.2) is 22.2 Å². The van der Waals surface area contributed by atoms with Gasteiger partial charge in [-0.15, -0.1) is 0 Å². The third-order valence-corrected chi connectivity index (χ3v) is 5.38. The first kappa shape index (κ1) is 18.2. The molecule has 0 radical (unpaired) electrons. The lowest BCUT2D eigenvalue weighted by atomic mass is 10.1. The Bertz CT molecular complexity index is 1180. The maximum atomic E-state index is 12.8. The number of amides is 1. The van der Waals surface area contributed by atoms with Crippen molar-refractivity contribution >= 4 is 23.0 Å². The normalized spacial score (nSPS) is 12.6. The first-order valence-corrected chi connectivity index (χ1v) is 10.1. The number of aromatic nitrogens is 2. The lowest BCUT2D eigenvalue weighted by molar-refractivity contribution is -0.115. The van der Waals surface area contributed by atoms with E-state index in [0.29, 0.717) is 0 Å². The molecule has 148 valence electrons. The Morgan fingerprint density at radius 3 is 2.50 bits per heavy atom. The van der Waals surface area contributed by atoms with Crippen molar-refractivity contribution in [2.24, 2.45) is 0 Å². The topological polar surface area (TPSA) is 50.2 Å². The van der Waals surface area contributed by atoms with Gasteiger partial charge in [0.1, 0.15) is 0 Å². The van der Waals surface area contributed by atoms with E-state index in [1.165, 1.54) is 11.3 Å². The maximum absolute atomic E-state index is 12.8. The van der Waals surface area contributed by atoms with Crippen molar-refractivity contribution in [1.29, 1.82) is 0 Å². The van der Waals surface area contributed by atoms with Crippen LogP contribution in [0.25, 0.3) is 5.69 Å². The van der Waals surface area contributed by atoms with Crippen LogP contribution in [-0.2, 0) is 17.6 Å². The summed E-state index contributed by atoms with van der Waals surface area (Å²) in [5.74, 6) is -0.0532. The quantitative estimate of drug-likeness (QED) is 0.532. The fourth-order valence-corrected chi connectivity index (χ4v) is 3.96. The highest BCUT2D eigenvalue weighted by molar-refractivity contribution is 5.96. The largest absolute Gasteiger partial charge is 0.339 e. The molecule has 0 bridgehead atoms. The van der Waals surface area contributed by atoms with Gasteiger partial charge in [-0.05, 0) is 47.9 Å². The fourth-order valence-electron chi connectivity index (χ4n) is 3.96. The highest BCUT2D eigenvalue weighted by Crippen LogP contribution is 2.38. The van der Waals surface area contributed by atoms with Crippen molar-refractivity contribution < 1.29 is 4.79 Å². The molecule has 5 heteroatoms. The summed E-state index contributed by atoms with van der Waals surface area (Å²) in [4.78, 5) is 15.0. The van der Waals surface area contributed by atoms with Gasteiger partial charge in [0.05, 0.1) is 29.7 Å². The first-order chi connectivity index (χ1) is 14.8. The molecule has 0 fully saturated rings. The number of nitrogens with one attached hydrogen (secondary N) is 1. The molecule has 30 heavy (non-hydrogen) atoms. The molecule has 2 heterocycles. The smallest absolute Gasteiger partial charge is 0.228 e. The van der Waals surface area contributed by atoms with Gasteiger partial charge in [-0.1, -0.05) is 48.5 Å². The summed E-state index contributed by atoms with van der Waals surface area (Å²) in [6.07, 6.45) is 4.93. The Labute approximate surface area is 175 Å². The average Bonchev–Trinajstić information content (AvgIpc) is 3.42. The Morgan fingerprint density at radius 1 is 0.900 bits per heavy atom. The first-order valence-electron chi connectivity index (χ1n) is 10.1. The molecule has 4 aromatic rings. The molecule has 3 aromatic carbocycles. The average molecular weight is 394 g/mol. The molecular weight excluding hydrogens is 372 g/mol. The van der Waals surface area contributed by atoms with E-state index in [0.717, 1.165) is 35.6 Å². The minimum Gasteiger partial charge on any atom is -0.339 e. The summed E-state index contributed by atoms with van der Waals surface area (Å²) in [6, 6.07) is 26.3. The Kier molecular flexibility index (Phi) is 4.77. The molecule has 0 unspecified atom stereocenters. The van der Waals surface area contributed by atoms with Crippen LogP contribution in [0.2, 0.25) is 0 Å². The predicted molar refractivity (Wildman–Crippen MR) is 119 cm³/mol. The lowest BCUT2D eigenvalue weighted by Gasteiger charge is -2.23. The number of benzene rings is 3. The van der Waals surface area contributed by atoms with Crippen molar-refractivity contribution in [2.75, 3.05) is 16.8 Å². The van der Waals surface area contributed by atoms with Crippen molar-refractivity contribution in [3.8, 4) is 5.69 Å². The molecule has 5 nitrogen and oxygen atoms in total. The van der Waals surface area contributed by atoms with E-state index in [1.54, 1.807) is 10.9 Å². The van der Waals surface area contributed by atoms with Crippen LogP contribution >= 0.6 is 0 Å². The minimum absolute atomic E-state index is 0.0532. The van der Waals surface area contributed by atoms with Crippen molar-refractivity contribution in [2.45, 2.75) is 12.8 Å². The second-order valence-electron chi connectivity index (χ2n) is 7.40. The van der Waals surface area contributed by atoms with Gasteiger partial charge in [0, 0.05) is 18.4 Å². The number of fused-ring (bicyclic) bond motifs is 1. The Morgan fingerprint density at radius 2 is 1.63 bits per heavy atom. The lowest BCUT2D eigenvalue weighted by Crippen LogP contribution is -2.19. The number of carbonyl (C=O) groups is 1. The van der Waals surface area contributed by atoms with Crippen LogP contribution < -0.4 is 10.2 Å². The number of hydrogen-bond donors (Lipinski definition) is 1. The molecule has 1 aliphatic heterocycles. The number of nitrogens with zero attached hydrogens (tertiary/aromatic N) is 3. The summed E-state index contributed by atoms with van der Waals surface area (Å²) >= 11 is 0. The van der Waals surface area contributed by atoms with Crippen LogP contribution in [0.1, 0.15) is 11.1 Å². The van der Waals surface area contributed by atoms with Gasteiger partial charge < -0.3 is 10.2 Å². The fraction of sp³-hybridized carbons (Fsp3) is 0.120.